The van der Waals surface area contributed by atoms with Crippen LogP contribution >= 0.6 is 23.2 Å². The van der Waals surface area contributed by atoms with Crippen molar-refractivity contribution in [3.05, 3.63) is 85.6 Å². The van der Waals surface area contributed by atoms with Gasteiger partial charge in [0.1, 0.15) is 0 Å². The number of carbonyl (C=O) groups excluding carboxylic acids is 2. The van der Waals surface area contributed by atoms with E-state index in [-0.39, 0.29) is 11.5 Å². The molecule has 0 aliphatic rings. The Morgan fingerprint density at radius 1 is 1.03 bits per heavy atom. The van der Waals surface area contributed by atoms with Crippen molar-refractivity contribution in [2.45, 2.75) is 12.8 Å². The number of aryl methyl sites for hydroxylation is 1. The standard InChI is InChI=1S/C25H25Cl2N3O4/c1-29(2)24(33)17-9-7-16(8-10-17)21-14-18(22(31)25(34)30(21)3)23(32)28-12-4-5-15-6-11-19(26)20(27)13-15/h6-11,13-14,31H,4-5,12H2,1-3H3,(H,28,32). The number of benzene rings is 2. The molecule has 0 spiro atoms. The van der Waals surface area contributed by atoms with Crippen LogP contribution in [0.3, 0.4) is 0 Å². The summed E-state index contributed by atoms with van der Waals surface area (Å²) in [7, 11) is 4.83. The van der Waals surface area contributed by atoms with E-state index in [0.717, 1.165) is 5.56 Å². The van der Waals surface area contributed by atoms with Crippen molar-refractivity contribution in [1.82, 2.24) is 14.8 Å². The number of amides is 2. The Hall–Kier alpha value is -3.29. The number of aromatic nitrogens is 1. The third-order valence-electron chi connectivity index (χ3n) is 5.39. The van der Waals surface area contributed by atoms with E-state index in [1.807, 2.05) is 6.07 Å². The first-order valence-corrected chi connectivity index (χ1v) is 11.3. The molecule has 0 bridgehead atoms. The van der Waals surface area contributed by atoms with Crippen molar-refractivity contribution in [1.29, 1.82) is 0 Å². The maximum absolute atomic E-state index is 12.7. The second kappa shape index (κ2) is 10.8. The number of aromatic hydroxyl groups is 1. The molecule has 34 heavy (non-hydrogen) atoms. The van der Waals surface area contributed by atoms with E-state index < -0.39 is 17.2 Å². The highest BCUT2D eigenvalue weighted by molar-refractivity contribution is 6.42. The molecule has 0 aliphatic heterocycles. The fraction of sp³-hybridized carbons (Fsp3) is 0.240. The number of carbonyl (C=O) groups is 2. The Labute approximate surface area is 207 Å². The highest BCUT2D eigenvalue weighted by atomic mass is 35.5. The van der Waals surface area contributed by atoms with Crippen molar-refractivity contribution < 1.29 is 14.7 Å². The molecule has 2 amide bonds. The molecule has 0 radical (unpaired) electrons. The van der Waals surface area contributed by atoms with Crippen LogP contribution in [-0.2, 0) is 13.5 Å². The van der Waals surface area contributed by atoms with Gasteiger partial charge in [-0.1, -0.05) is 41.4 Å². The van der Waals surface area contributed by atoms with E-state index in [4.69, 9.17) is 23.2 Å². The van der Waals surface area contributed by atoms with Crippen LogP contribution in [0.25, 0.3) is 11.3 Å². The van der Waals surface area contributed by atoms with Gasteiger partial charge in [-0.2, -0.15) is 0 Å². The van der Waals surface area contributed by atoms with Gasteiger partial charge in [-0.3, -0.25) is 14.4 Å². The Morgan fingerprint density at radius 3 is 2.32 bits per heavy atom. The number of nitrogens with zero attached hydrogens (tertiary/aromatic N) is 2. The summed E-state index contributed by atoms with van der Waals surface area (Å²) >= 11 is 11.9. The third kappa shape index (κ3) is 5.61. The van der Waals surface area contributed by atoms with Gasteiger partial charge in [0.25, 0.3) is 17.4 Å². The monoisotopic (exact) mass is 501 g/mol. The number of hydrogen-bond acceptors (Lipinski definition) is 4. The zero-order chi connectivity index (χ0) is 25.0. The van der Waals surface area contributed by atoms with Crippen LogP contribution in [-0.4, -0.2) is 47.0 Å². The van der Waals surface area contributed by atoms with Crippen molar-refractivity contribution in [3.8, 4) is 17.0 Å². The summed E-state index contributed by atoms with van der Waals surface area (Å²) in [4.78, 5) is 38.9. The summed E-state index contributed by atoms with van der Waals surface area (Å²) in [5, 5.41) is 14.0. The van der Waals surface area contributed by atoms with Gasteiger partial charge in [0.15, 0.2) is 5.75 Å². The number of hydrogen-bond donors (Lipinski definition) is 2. The molecule has 0 saturated heterocycles. The summed E-state index contributed by atoms with van der Waals surface area (Å²) in [6.45, 7) is 0.338. The lowest BCUT2D eigenvalue weighted by atomic mass is 10.0. The minimum absolute atomic E-state index is 0.110. The maximum Gasteiger partial charge on any atom is 0.293 e. The van der Waals surface area contributed by atoms with Gasteiger partial charge in [0.2, 0.25) is 0 Å². The summed E-state index contributed by atoms with van der Waals surface area (Å²) < 4.78 is 1.26. The molecular weight excluding hydrogens is 477 g/mol. The SMILES string of the molecule is CN(C)C(=O)c1ccc(-c2cc(C(=O)NCCCc3ccc(Cl)c(Cl)c3)c(O)c(=O)n2C)cc1. The van der Waals surface area contributed by atoms with E-state index in [0.29, 0.717) is 46.3 Å². The van der Waals surface area contributed by atoms with Crippen LogP contribution in [0.1, 0.15) is 32.7 Å². The van der Waals surface area contributed by atoms with Crippen molar-refractivity contribution >= 4 is 35.0 Å². The quantitative estimate of drug-likeness (QED) is 0.476. The zero-order valence-corrected chi connectivity index (χ0v) is 20.6. The van der Waals surface area contributed by atoms with Gasteiger partial charge in [-0.05, 0) is 54.3 Å². The smallest absolute Gasteiger partial charge is 0.293 e. The summed E-state index contributed by atoms with van der Waals surface area (Å²) in [6.07, 6.45) is 1.30. The largest absolute Gasteiger partial charge is 0.502 e. The summed E-state index contributed by atoms with van der Waals surface area (Å²) in [5.74, 6) is -1.32. The van der Waals surface area contributed by atoms with Crippen molar-refractivity contribution in [2.75, 3.05) is 20.6 Å². The van der Waals surface area contributed by atoms with E-state index in [1.165, 1.54) is 22.6 Å². The third-order valence-corrected chi connectivity index (χ3v) is 6.13. The van der Waals surface area contributed by atoms with Gasteiger partial charge in [-0.15, -0.1) is 0 Å². The Bertz CT molecular complexity index is 1280. The van der Waals surface area contributed by atoms with E-state index >= 15 is 0 Å². The van der Waals surface area contributed by atoms with Crippen LogP contribution in [0.5, 0.6) is 5.75 Å². The lowest BCUT2D eigenvalue weighted by molar-refractivity contribution is 0.0827. The molecule has 2 N–H and O–H groups in total. The van der Waals surface area contributed by atoms with Crippen LogP contribution in [0.15, 0.2) is 53.3 Å². The number of halogens is 2. The van der Waals surface area contributed by atoms with Gasteiger partial charge in [0, 0.05) is 33.3 Å². The molecule has 1 aromatic heterocycles. The van der Waals surface area contributed by atoms with E-state index in [2.05, 4.69) is 5.32 Å². The van der Waals surface area contributed by atoms with Gasteiger partial charge >= 0.3 is 0 Å². The first kappa shape index (κ1) is 25.3. The summed E-state index contributed by atoms with van der Waals surface area (Å²) in [5.41, 5.74) is 1.75. The zero-order valence-electron chi connectivity index (χ0n) is 19.1. The molecule has 1 heterocycles. The highest BCUT2D eigenvalue weighted by Crippen LogP contribution is 2.24. The van der Waals surface area contributed by atoms with Crippen LogP contribution in [0.2, 0.25) is 10.0 Å². The van der Waals surface area contributed by atoms with Crippen LogP contribution < -0.4 is 10.9 Å². The first-order valence-electron chi connectivity index (χ1n) is 10.6. The summed E-state index contributed by atoms with van der Waals surface area (Å²) in [6, 6.07) is 13.5. The molecule has 0 atom stereocenters. The predicted molar refractivity (Wildman–Crippen MR) is 134 cm³/mol. The second-order valence-electron chi connectivity index (χ2n) is 8.04. The van der Waals surface area contributed by atoms with Gasteiger partial charge < -0.3 is 19.9 Å². The average molecular weight is 502 g/mol. The average Bonchev–Trinajstić information content (AvgIpc) is 2.82. The minimum Gasteiger partial charge on any atom is -0.502 e. The molecule has 3 rings (SSSR count). The Balaban J connectivity index is 1.75. The van der Waals surface area contributed by atoms with E-state index in [1.54, 1.807) is 50.5 Å². The Kier molecular flexibility index (Phi) is 8.02. The maximum atomic E-state index is 12.7. The lowest BCUT2D eigenvalue weighted by Crippen LogP contribution is -2.28. The molecule has 0 fully saturated rings. The lowest BCUT2D eigenvalue weighted by Gasteiger charge is -2.14. The molecule has 7 nitrogen and oxygen atoms in total. The normalized spacial score (nSPS) is 10.7. The molecule has 0 unspecified atom stereocenters. The van der Waals surface area contributed by atoms with Crippen molar-refractivity contribution in [3.63, 3.8) is 0 Å². The minimum atomic E-state index is -0.688. The van der Waals surface area contributed by atoms with Crippen LogP contribution in [0, 0.1) is 0 Å². The topological polar surface area (TPSA) is 91.6 Å². The number of pyridine rings is 1. The fourth-order valence-corrected chi connectivity index (χ4v) is 3.78. The predicted octanol–water partition coefficient (Wildman–Crippen LogP) is 4.13. The molecule has 3 aromatic rings. The molecule has 0 aliphatic carbocycles. The number of nitrogens with one attached hydrogen (secondary N) is 1. The molecular formula is C25H25Cl2N3O4. The fourth-order valence-electron chi connectivity index (χ4n) is 3.46. The van der Waals surface area contributed by atoms with Crippen LogP contribution in [0.4, 0.5) is 0 Å². The molecule has 2 aromatic carbocycles. The molecule has 0 saturated carbocycles. The highest BCUT2D eigenvalue weighted by Gasteiger charge is 2.19. The van der Waals surface area contributed by atoms with E-state index in [9.17, 15) is 19.5 Å². The van der Waals surface area contributed by atoms with Gasteiger partial charge in [-0.25, -0.2) is 0 Å². The Morgan fingerprint density at radius 2 is 1.71 bits per heavy atom. The molecule has 178 valence electrons. The van der Waals surface area contributed by atoms with Crippen molar-refractivity contribution in [2.24, 2.45) is 7.05 Å². The van der Waals surface area contributed by atoms with Gasteiger partial charge in [0.05, 0.1) is 21.3 Å². The first-order chi connectivity index (χ1) is 16.1. The second-order valence-corrected chi connectivity index (χ2v) is 8.86. The molecule has 9 heteroatoms. The number of rotatable bonds is 7.